The van der Waals surface area contributed by atoms with Crippen LogP contribution in [-0.4, -0.2) is 226 Å². The number of nitrogens with one attached hydrogen (secondary N) is 14. The highest BCUT2D eigenvalue weighted by Crippen LogP contribution is 2.20. The first kappa shape index (κ1) is 112. The van der Waals surface area contributed by atoms with Crippen molar-refractivity contribution in [2.45, 2.75) is 356 Å². The summed E-state index contributed by atoms with van der Waals surface area (Å²) in [5, 5.41) is 56.0. The summed E-state index contributed by atoms with van der Waals surface area (Å²) in [6.07, 6.45) is -2.30. The van der Waals surface area contributed by atoms with Gasteiger partial charge in [-0.25, -0.2) is 4.79 Å². The number of hydrogen-bond donors (Lipinski definition) is 20. The highest BCUT2D eigenvalue weighted by atomic mass is 16.5. The van der Waals surface area contributed by atoms with E-state index in [1.54, 1.807) is 76.2 Å². The fraction of sp³-hybridized carbons (Fsp3) is 0.762. The molecule has 41 nitrogen and oxygen atoms in total. The number of ether oxygens (including phenoxy) is 1. The molecule has 18 amide bonds. The van der Waals surface area contributed by atoms with E-state index in [4.69, 9.17) is 27.7 Å². The largest absolute Gasteiger partial charge is 0.481 e. The second-order valence-corrected chi connectivity index (χ2v) is 35.4. The Balaban J connectivity index is 4.23. The van der Waals surface area contributed by atoms with Crippen LogP contribution in [0.1, 0.15) is 265 Å². The predicted molar refractivity (Wildman–Crippen MR) is 459 cm³/mol. The summed E-state index contributed by atoms with van der Waals surface area (Å²) in [5.41, 5.74) is 22.2. The van der Waals surface area contributed by atoms with E-state index in [0.29, 0.717) is 12.8 Å². The third-order valence-corrected chi connectivity index (χ3v) is 20.6. The molecule has 710 valence electrons. The number of aliphatic carboxylic acids is 1. The number of cyclic esters (lactones) is 1. The van der Waals surface area contributed by atoms with Crippen molar-refractivity contribution >= 4 is 118 Å². The Kier molecular flexibility index (Phi) is 52.0. The second kappa shape index (κ2) is 57.8. The van der Waals surface area contributed by atoms with Gasteiger partial charge in [-0.1, -0.05) is 156 Å². The highest BCUT2D eigenvalue weighted by molar-refractivity contribution is 6.01. The fourth-order valence-electron chi connectivity index (χ4n) is 13.5. The van der Waals surface area contributed by atoms with E-state index in [1.807, 2.05) is 0 Å². The Labute approximate surface area is 733 Å². The summed E-state index contributed by atoms with van der Waals surface area (Å²) in [4.78, 5) is 280. The standard InChI is InChI=1S/C84H146N18O23/c1-18-20-21-22-23-24-50(103)40-66(108)89-56(35-42(3)4)76(116)94-55(29-34-67(109)110)71(111)90-53(27-32-64(87)106)74(114)100-68(47(13)14)82(122)97-60(39-46(11)12)79(119)92-52(26-31-63(86)105)73(113)99-61-41-125-84(124)70(49(17)19-2)102-75(115)54(28-33-65(88)107)93-77(117)57(36-43(5)6)96-80(120)58(37-44(7)8)95-72(112)51(25-30-62(85)104)91-78(118)59(38-45(9)10)98-83(123)69(48(15)16)101-81(61)121/h42-61,68-70,103H,18-41H2,1-17H3,(H2,85,104)(H2,86,105)(H2,87,106)(H2,88,107)(H,89,108)(H,90,111)(H,91,118)(H,92,119)(H,93,117)(H,94,116)(H,95,112)(H,96,120)(H,97,122)(H,98,123)(H,99,113)(H,100,114)(H,101,121)(H,102,115)(H,109,110)/t49-,50+,51+,52-,53+,54+,55+,56-,57-,58-,59+,60+,61+,68+,69+,70-/m0/s1. The molecule has 0 aromatic rings. The molecule has 125 heavy (non-hydrogen) atoms. The molecule has 1 aliphatic heterocycles. The Hall–Kier alpha value is -10.6. The van der Waals surface area contributed by atoms with Crippen LogP contribution in [0.15, 0.2) is 0 Å². The minimum Gasteiger partial charge on any atom is -0.481 e. The van der Waals surface area contributed by atoms with Gasteiger partial charge in [-0.15, -0.1) is 0 Å². The molecule has 0 aromatic carbocycles. The Bertz CT molecular complexity index is 3630. The van der Waals surface area contributed by atoms with Crippen molar-refractivity contribution in [2.75, 3.05) is 6.61 Å². The Morgan fingerprint density at radius 3 is 1.17 bits per heavy atom. The molecule has 1 heterocycles. The lowest BCUT2D eigenvalue weighted by Crippen LogP contribution is -2.62. The maximum absolute atomic E-state index is 15.1. The SMILES string of the molecule is CCCCCCC[C@@H](O)CC(=O)N[C@@H](CC(C)C)C(=O)N[C@H](CCC(=O)O)C(=O)N[C@H](CCC(N)=O)C(=O)N[C@@H](C(=O)N[C@H](CC(C)C)C(=O)N[C@@H](CCC(N)=O)C(=O)N[C@@H]1COC(=O)[C@H]([C@@H](C)CC)NC(=O)[C@@H](CCC(N)=O)NC(=O)[C@H](CC(C)C)NC(=O)[C@H](CC(C)C)NC(=O)[C@@H](CCC(N)=O)NC(=O)[C@@H](CC(C)C)NC(=O)[C@@H](C(C)C)NC1=O)C(C)C. The summed E-state index contributed by atoms with van der Waals surface area (Å²) in [6.45, 7) is 27.2. The number of aliphatic hydroxyl groups is 1. The molecule has 24 N–H and O–H groups in total. The molecular weight excluding hydrogens is 1630 g/mol. The van der Waals surface area contributed by atoms with E-state index >= 15 is 9.59 Å². The molecule has 41 heteroatoms. The first-order valence-corrected chi connectivity index (χ1v) is 43.7. The Morgan fingerprint density at radius 1 is 0.400 bits per heavy atom. The number of carbonyl (C=O) groups is 20. The van der Waals surface area contributed by atoms with Gasteiger partial charge in [0.05, 0.1) is 12.5 Å². The smallest absolute Gasteiger partial charge is 0.329 e. The number of amides is 18. The topological polar surface area (TPSA) is 664 Å². The molecule has 0 aromatic heterocycles. The van der Waals surface area contributed by atoms with Gasteiger partial charge in [-0.3, -0.25) is 91.1 Å². The molecule has 0 aliphatic carbocycles. The zero-order chi connectivity index (χ0) is 95.4. The number of nitrogens with two attached hydrogens (primary N) is 4. The van der Waals surface area contributed by atoms with Gasteiger partial charge in [0.25, 0.3) is 0 Å². The first-order valence-electron chi connectivity index (χ1n) is 43.7. The van der Waals surface area contributed by atoms with Gasteiger partial charge in [0.2, 0.25) is 106 Å². The van der Waals surface area contributed by atoms with Crippen LogP contribution in [0.3, 0.4) is 0 Å². The average Bonchev–Trinajstić information content (AvgIpc) is 1.25. The fourth-order valence-corrected chi connectivity index (χ4v) is 13.5. The highest BCUT2D eigenvalue weighted by Gasteiger charge is 2.42. The first-order chi connectivity index (χ1) is 58.3. The van der Waals surface area contributed by atoms with Gasteiger partial charge >= 0.3 is 11.9 Å². The molecule has 0 saturated carbocycles. The lowest BCUT2D eigenvalue weighted by atomic mass is 9.97. The van der Waals surface area contributed by atoms with Crippen molar-refractivity contribution in [3.63, 3.8) is 0 Å². The van der Waals surface area contributed by atoms with Crippen LogP contribution in [0.5, 0.6) is 0 Å². The third-order valence-electron chi connectivity index (χ3n) is 20.6. The number of primary amides is 4. The third kappa shape index (κ3) is 45.2. The van der Waals surface area contributed by atoms with Crippen LogP contribution in [-0.2, 0) is 101 Å². The summed E-state index contributed by atoms with van der Waals surface area (Å²) < 4.78 is 5.79. The minimum absolute atomic E-state index is 0.0341. The summed E-state index contributed by atoms with van der Waals surface area (Å²) >= 11 is 0. The number of carboxylic acids is 1. The van der Waals surface area contributed by atoms with E-state index in [9.17, 15) is 96.5 Å². The van der Waals surface area contributed by atoms with Crippen molar-refractivity contribution in [3.8, 4) is 0 Å². The number of carboxylic acid groups (broad SMARTS) is 1. The number of esters is 1. The second-order valence-electron chi connectivity index (χ2n) is 35.4. The molecule has 1 saturated heterocycles. The monoisotopic (exact) mass is 1780 g/mol. The number of unbranched alkanes of at least 4 members (excludes halogenated alkanes) is 4. The van der Waals surface area contributed by atoms with Gasteiger partial charge in [0.1, 0.15) is 91.2 Å². The number of rotatable bonds is 50. The summed E-state index contributed by atoms with van der Waals surface area (Å²) in [7, 11) is 0. The lowest BCUT2D eigenvalue weighted by molar-refractivity contribution is -0.152. The van der Waals surface area contributed by atoms with Crippen molar-refractivity contribution in [2.24, 2.45) is 70.3 Å². The average molecular weight is 1780 g/mol. The molecule has 1 rings (SSSR count). The normalized spacial score (nSPS) is 20.6. The van der Waals surface area contributed by atoms with Gasteiger partial charge in [0, 0.05) is 32.1 Å². The number of aliphatic hydroxyl groups excluding tert-OH is 1. The maximum Gasteiger partial charge on any atom is 0.329 e. The zero-order valence-electron chi connectivity index (χ0n) is 76.0. The lowest BCUT2D eigenvalue weighted by Gasteiger charge is -2.30. The van der Waals surface area contributed by atoms with Crippen LogP contribution >= 0.6 is 0 Å². The van der Waals surface area contributed by atoms with Crippen LogP contribution in [0.4, 0.5) is 0 Å². The van der Waals surface area contributed by atoms with Gasteiger partial charge in [0.15, 0.2) is 0 Å². The number of carbonyl (C=O) groups excluding carboxylic acids is 19. The van der Waals surface area contributed by atoms with Crippen molar-refractivity contribution in [3.05, 3.63) is 0 Å². The van der Waals surface area contributed by atoms with E-state index in [1.165, 1.54) is 34.6 Å². The van der Waals surface area contributed by atoms with Crippen LogP contribution in [0.2, 0.25) is 0 Å². The van der Waals surface area contributed by atoms with E-state index in [2.05, 4.69) is 81.4 Å². The molecular formula is C84H146N18O23. The zero-order valence-corrected chi connectivity index (χ0v) is 76.0. The molecule has 0 radical (unpaired) electrons. The molecule has 1 fully saturated rings. The van der Waals surface area contributed by atoms with Crippen LogP contribution in [0.25, 0.3) is 0 Å². The van der Waals surface area contributed by atoms with Crippen LogP contribution < -0.4 is 97.4 Å². The molecule has 1 aliphatic rings. The number of hydrogen-bond acceptors (Lipinski definition) is 22. The molecule has 0 unspecified atom stereocenters. The Morgan fingerprint density at radius 2 is 0.768 bits per heavy atom. The molecule has 16 atom stereocenters. The summed E-state index contributed by atoms with van der Waals surface area (Å²) in [5.74, 6) is -25.1. The van der Waals surface area contributed by atoms with Crippen LogP contribution in [0, 0.1) is 47.3 Å². The quantitative estimate of drug-likeness (QED) is 0.0255. The summed E-state index contributed by atoms with van der Waals surface area (Å²) in [6, 6.07) is -22.9. The van der Waals surface area contributed by atoms with E-state index in [0.717, 1.165) is 25.7 Å². The van der Waals surface area contributed by atoms with Gasteiger partial charge in [-0.2, -0.15) is 0 Å². The molecule has 0 bridgehead atoms. The van der Waals surface area contributed by atoms with E-state index < -0.39 is 303 Å². The van der Waals surface area contributed by atoms with Gasteiger partial charge in [-0.05, 0) is 118 Å². The van der Waals surface area contributed by atoms with Crippen molar-refractivity contribution in [1.29, 1.82) is 0 Å². The van der Waals surface area contributed by atoms with E-state index in [-0.39, 0.29) is 68.6 Å². The van der Waals surface area contributed by atoms with Gasteiger partial charge < -0.3 is 112 Å². The maximum atomic E-state index is 15.1. The minimum atomic E-state index is -2.11. The predicted octanol–water partition coefficient (Wildman–Crippen LogP) is -1.04. The van der Waals surface area contributed by atoms with Crippen molar-refractivity contribution in [1.82, 2.24) is 74.4 Å². The van der Waals surface area contributed by atoms with Crippen molar-refractivity contribution < 1.29 is 111 Å². The molecule has 0 spiro atoms.